The van der Waals surface area contributed by atoms with E-state index in [1.54, 1.807) is 18.2 Å². The maximum atomic E-state index is 14.2. The molecule has 28 heavy (non-hydrogen) atoms. The number of aryl methyl sites for hydroxylation is 1. The Hall–Kier alpha value is -3.35. The molecule has 2 aromatic heterocycles. The van der Waals surface area contributed by atoms with Gasteiger partial charge in [0.15, 0.2) is 0 Å². The summed E-state index contributed by atoms with van der Waals surface area (Å²) in [7, 11) is 1.89. The zero-order valence-electron chi connectivity index (χ0n) is 15.4. The van der Waals surface area contributed by atoms with Gasteiger partial charge < -0.3 is 4.90 Å². The smallest absolute Gasteiger partial charge is 0.142 e. The van der Waals surface area contributed by atoms with Gasteiger partial charge in [-0.05, 0) is 43.2 Å². The molecule has 0 aliphatic heterocycles. The van der Waals surface area contributed by atoms with Crippen LogP contribution < -0.4 is 4.90 Å². The van der Waals surface area contributed by atoms with E-state index in [4.69, 9.17) is 0 Å². The third-order valence-electron chi connectivity index (χ3n) is 4.64. The standard InChI is InChI=1S/C21H19F2N5/c1-28(21-20-17(23)8-3-9-18(20)24-13-25-21)10-4-7-16-12-19(27-26-16)14-5-2-6-15(22)11-14/h2-3,5-6,8-9,11-13H,4,7,10H2,1H3,(H,26,27). The van der Waals surface area contributed by atoms with Crippen LogP contribution in [0.4, 0.5) is 14.6 Å². The highest BCUT2D eigenvalue weighted by atomic mass is 19.1. The molecule has 142 valence electrons. The second-order valence-electron chi connectivity index (χ2n) is 6.65. The first-order chi connectivity index (χ1) is 13.6. The van der Waals surface area contributed by atoms with Crippen LogP contribution >= 0.6 is 0 Å². The third-order valence-corrected chi connectivity index (χ3v) is 4.64. The molecule has 0 saturated carbocycles. The number of rotatable bonds is 6. The summed E-state index contributed by atoms with van der Waals surface area (Å²) in [5.41, 5.74) is 3.01. The number of fused-ring (bicyclic) bond motifs is 1. The summed E-state index contributed by atoms with van der Waals surface area (Å²) >= 11 is 0. The number of hydrogen-bond acceptors (Lipinski definition) is 4. The third kappa shape index (κ3) is 3.69. The minimum absolute atomic E-state index is 0.284. The van der Waals surface area contributed by atoms with E-state index >= 15 is 0 Å². The summed E-state index contributed by atoms with van der Waals surface area (Å²) in [6.45, 7) is 0.689. The Morgan fingerprint density at radius 2 is 1.89 bits per heavy atom. The summed E-state index contributed by atoms with van der Waals surface area (Å²) < 4.78 is 27.6. The predicted octanol–water partition coefficient (Wildman–Crippen LogP) is 4.37. The second kappa shape index (κ2) is 7.72. The Bertz CT molecular complexity index is 1100. The molecule has 0 bridgehead atoms. The van der Waals surface area contributed by atoms with Gasteiger partial charge in [-0.15, -0.1) is 0 Å². The van der Waals surface area contributed by atoms with Gasteiger partial charge in [0.05, 0.1) is 16.6 Å². The van der Waals surface area contributed by atoms with Crippen molar-refractivity contribution in [3.8, 4) is 11.3 Å². The molecule has 0 aliphatic rings. The zero-order valence-corrected chi connectivity index (χ0v) is 15.4. The second-order valence-corrected chi connectivity index (χ2v) is 6.65. The predicted molar refractivity (Wildman–Crippen MR) is 105 cm³/mol. The molecule has 0 saturated heterocycles. The number of aromatic nitrogens is 4. The highest BCUT2D eigenvalue weighted by Gasteiger charge is 2.13. The summed E-state index contributed by atoms with van der Waals surface area (Å²) in [6.07, 6.45) is 3.03. The molecule has 1 N–H and O–H groups in total. The Labute approximate surface area is 161 Å². The van der Waals surface area contributed by atoms with Gasteiger partial charge in [0, 0.05) is 24.8 Å². The maximum absolute atomic E-state index is 14.2. The fraction of sp³-hybridized carbons (Fsp3) is 0.190. The van der Waals surface area contributed by atoms with Crippen molar-refractivity contribution in [2.24, 2.45) is 0 Å². The molecule has 0 spiro atoms. The molecule has 4 rings (SSSR count). The Kier molecular flexibility index (Phi) is 4.97. The van der Waals surface area contributed by atoms with Crippen LogP contribution in [0.2, 0.25) is 0 Å². The Morgan fingerprint density at radius 3 is 2.75 bits per heavy atom. The monoisotopic (exact) mass is 379 g/mol. The van der Waals surface area contributed by atoms with E-state index in [0.717, 1.165) is 24.1 Å². The van der Waals surface area contributed by atoms with Crippen LogP contribution in [0.5, 0.6) is 0 Å². The highest BCUT2D eigenvalue weighted by molar-refractivity contribution is 5.89. The van der Waals surface area contributed by atoms with Crippen molar-refractivity contribution in [3.05, 3.63) is 72.2 Å². The Morgan fingerprint density at radius 1 is 1.04 bits per heavy atom. The first-order valence-corrected chi connectivity index (χ1v) is 9.02. The van der Waals surface area contributed by atoms with Gasteiger partial charge >= 0.3 is 0 Å². The van der Waals surface area contributed by atoms with E-state index in [2.05, 4.69) is 20.2 Å². The first kappa shape index (κ1) is 18.0. The molecule has 2 aromatic carbocycles. The van der Waals surface area contributed by atoms with Crippen LogP contribution in [-0.2, 0) is 6.42 Å². The van der Waals surface area contributed by atoms with Crippen LogP contribution in [0.15, 0.2) is 54.9 Å². The molecule has 7 heteroatoms. The lowest BCUT2D eigenvalue weighted by Crippen LogP contribution is -2.21. The zero-order chi connectivity index (χ0) is 19.5. The molecular weight excluding hydrogens is 360 g/mol. The van der Waals surface area contributed by atoms with Crippen molar-refractivity contribution in [3.63, 3.8) is 0 Å². The van der Waals surface area contributed by atoms with E-state index in [1.165, 1.54) is 24.5 Å². The van der Waals surface area contributed by atoms with Crippen LogP contribution in [0.3, 0.4) is 0 Å². The lowest BCUT2D eigenvalue weighted by molar-refractivity contribution is 0.628. The molecular formula is C21H19F2N5. The molecule has 2 heterocycles. The minimum Gasteiger partial charge on any atom is -0.359 e. The molecule has 4 aromatic rings. The molecule has 5 nitrogen and oxygen atoms in total. The van der Waals surface area contributed by atoms with E-state index in [1.807, 2.05) is 24.1 Å². The fourth-order valence-electron chi connectivity index (χ4n) is 3.24. The van der Waals surface area contributed by atoms with Gasteiger partial charge in [0.2, 0.25) is 0 Å². The molecule has 0 atom stereocenters. The number of halogens is 2. The van der Waals surface area contributed by atoms with Crippen molar-refractivity contribution < 1.29 is 8.78 Å². The van der Waals surface area contributed by atoms with Crippen molar-refractivity contribution in [1.82, 2.24) is 20.2 Å². The molecule has 0 fully saturated rings. The first-order valence-electron chi connectivity index (χ1n) is 9.02. The normalized spacial score (nSPS) is 11.1. The SMILES string of the molecule is CN(CCCc1cc(-c2cccc(F)c2)n[nH]1)c1ncnc2cccc(F)c12. The van der Waals surface area contributed by atoms with Gasteiger partial charge in [-0.25, -0.2) is 18.7 Å². The van der Waals surface area contributed by atoms with E-state index in [-0.39, 0.29) is 11.6 Å². The Balaban J connectivity index is 1.42. The van der Waals surface area contributed by atoms with Gasteiger partial charge in [-0.1, -0.05) is 18.2 Å². The van der Waals surface area contributed by atoms with Crippen molar-refractivity contribution in [1.29, 1.82) is 0 Å². The summed E-state index contributed by atoms with van der Waals surface area (Å²) in [5, 5.41) is 7.69. The van der Waals surface area contributed by atoms with Gasteiger partial charge in [0.25, 0.3) is 0 Å². The van der Waals surface area contributed by atoms with E-state index in [0.29, 0.717) is 29.0 Å². The quantitative estimate of drug-likeness (QED) is 0.541. The number of anilines is 1. The number of aromatic amines is 1. The van der Waals surface area contributed by atoms with E-state index in [9.17, 15) is 8.78 Å². The lowest BCUT2D eigenvalue weighted by atomic mass is 10.1. The van der Waals surface area contributed by atoms with Gasteiger partial charge in [-0.3, -0.25) is 5.10 Å². The number of benzene rings is 2. The average Bonchev–Trinajstić information content (AvgIpc) is 3.17. The van der Waals surface area contributed by atoms with Gasteiger partial charge in [0.1, 0.15) is 23.8 Å². The number of H-pyrrole nitrogens is 1. The average molecular weight is 379 g/mol. The highest BCUT2D eigenvalue weighted by Crippen LogP contribution is 2.25. The van der Waals surface area contributed by atoms with E-state index < -0.39 is 0 Å². The lowest BCUT2D eigenvalue weighted by Gasteiger charge is -2.19. The molecule has 0 radical (unpaired) electrons. The molecule has 0 amide bonds. The van der Waals surface area contributed by atoms with Crippen LogP contribution in [-0.4, -0.2) is 33.8 Å². The number of nitrogens with zero attached hydrogens (tertiary/aromatic N) is 4. The summed E-state index contributed by atoms with van der Waals surface area (Å²) in [5.74, 6) is -0.0330. The van der Waals surface area contributed by atoms with Crippen LogP contribution in [0.1, 0.15) is 12.1 Å². The molecule has 0 aliphatic carbocycles. The number of nitrogens with one attached hydrogen (secondary N) is 1. The summed E-state index contributed by atoms with van der Waals surface area (Å²) in [6, 6.07) is 13.1. The topological polar surface area (TPSA) is 57.7 Å². The van der Waals surface area contributed by atoms with Crippen LogP contribution in [0.25, 0.3) is 22.2 Å². The summed E-state index contributed by atoms with van der Waals surface area (Å²) in [4.78, 5) is 10.3. The van der Waals surface area contributed by atoms with Crippen molar-refractivity contribution in [2.75, 3.05) is 18.5 Å². The van der Waals surface area contributed by atoms with Crippen molar-refractivity contribution in [2.45, 2.75) is 12.8 Å². The fourth-order valence-corrected chi connectivity index (χ4v) is 3.24. The van der Waals surface area contributed by atoms with Crippen LogP contribution in [0, 0.1) is 11.6 Å². The maximum Gasteiger partial charge on any atom is 0.142 e. The minimum atomic E-state index is -0.326. The van der Waals surface area contributed by atoms with Crippen molar-refractivity contribution >= 4 is 16.7 Å². The van der Waals surface area contributed by atoms with Gasteiger partial charge in [-0.2, -0.15) is 5.10 Å². The number of hydrogen-bond donors (Lipinski definition) is 1. The largest absolute Gasteiger partial charge is 0.359 e. The molecule has 0 unspecified atom stereocenters.